The third-order valence-electron chi connectivity index (χ3n) is 7.12. The van der Waals surface area contributed by atoms with Crippen LogP contribution in [-0.4, -0.2) is 28.6 Å². The Labute approximate surface area is 220 Å². The van der Waals surface area contributed by atoms with Crippen molar-refractivity contribution in [3.63, 3.8) is 0 Å². The number of aromatic nitrogens is 2. The zero-order valence-corrected chi connectivity index (χ0v) is 22.4. The number of amides is 1. The molecule has 1 unspecified atom stereocenters. The Morgan fingerprint density at radius 2 is 1.76 bits per heavy atom. The van der Waals surface area contributed by atoms with Crippen molar-refractivity contribution in [2.45, 2.75) is 65.3 Å². The summed E-state index contributed by atoms with van der Waals surface area (Å²) in [6.45, 7) is 8.66. The molecule has 0 saturated heterocycles. The average Bonchev–Trinajstić information content (AvgIpc) is 3.27. The Kier molecular flexibility index (Phi) is 9.36. The summed E-state index contributed by atoms with van der Waals surface area (Å²) in [5, 5.41) is 3.08. The predicted molar refractivity (Wildman–Crippen MR) is 151 cm³/mol. The van der Waals surface area contributed by atoms with Crippen molar-refractivity contribution < 1.29 is 9.53 Å². The summed E-state index contributed by atoms with van der Waals surface area (Å²) in [7, 11) is 0. The van der Waals surface area contributed by atoms with Crippen LogP contribution in [0.4, 0.5) is 0 Å². The molecule has 5 heteroatoms. The average molecular weight is 498 g/mol. The molecule has 37 heavy (non-hydrogen) atoms. The highest BCUT2D eigenvalue weighted by atomic mass is 16.5. The lowest BCUT2D eigenvalue weighted by molar-refractivity contribution is -0.120. The van der Waals surface area contributed by atoms with Crippen LogP contribution in [0, 0.1) is 6.92 Å². The summed E-state index contributed by atoms with van der Waals surface area (Å²) >= 11 is 0. The number of carbonyl (C=O) groups excluding carboxylic acids is 1. The molecule has 0 aliphatic carbocycles. The molecule has 1 heterocycles. The number of nitrogens with zero attached hydrogens (tertiary/aromatic N) is 2. The van der Waals surface area contributed by atoms with Gasteiger partial charge in [-0.1, -0.05) is 62.4 Å². The molecule has 0 aliphatic heterocycles. The first kappa shape index (κ1) is 26.5. The number of aryl methyl sites for hydroxylation is 2. The van der Waals surface area contributed by atoms with Crippen molar-refractivity contribution in [1.82, 2.24) is 14.9 Å². The maximum absolute atomic E-state index is 12.5. The first-order valence-corrected chi connectivity index (χ1v) is 13.5. The van der Waals surface area contributed by atoms with Gasteiger partial charge in [0.15, 0.2) is 0 Å². The van der Waals surface area contributed by atoms with Crippen LogP contribution in [0.15, 0.2) is 72.8 Å². The Morgan fingerprint density at radius 3 is 2.54 bits per heavy atom. The minimum Gasteiger partial charge on any atom is -0.494 e. The number of hydrogen-bond acceptors (Lipinski definition) is 3. The molecule has 1 aromatic heterocycles. The van der Waals surface area contributed by atoms with E-state index in [9.17, 15) is 4.79 Å². The number of para-hydroxylation sites is 2. The van der Waals surface area contributed by atoms with Crippen molar-refractivity contribution in [3.05, 3.63) is 95.3 Å². The topological polar surface area (TPSA) is 56.1 Å². The summed E-state index contributed by atoms with van der Waals surface area (Å²) in [6, 6.07) is 24.8. The summed E-state index contributed by atoms with van der Waals surface area (Å²) < 4.78 is 8.28. The van der Waals surface area contributed by atoms with E-state index in [-0.39, 0.29) is 5.91 Å². The molecule has 0 spiro atoms. The highest BCUT2D eigenvalue weighted by Crippen LogP contribution is 2.22. The van der Waals surface area contributed by atoms with Crippen LogP contribution in [0.2, 0.25) is 0 Å². The molecule has 4 aromatic rings. The van der Waals surface area contributed by atoms with E-state index >= 15 is 0 Å². The number of nitrogens with one attached hydrogen (secondary N) is 1. The fourth-order valence-electron chi connectivity index (χ4n) is 4.61. The van der Waals surface area contributed by atoms with Gasteiger partial charge in [-0.25, -0.2) is 4.98 Å². The molecular weight excluding hydrogens is 458 g/mol. The number of imidazole rings is 1. The van der Waals surface area contributed by atoms with Gasteiger partial charge in [0, 0.05) is 19.5 Å². The number of benzene rings is 3. The van der Waals surface area contributed by atoms with Crippen LogP contribution in [-0.2, 0) is 24.2 Å². The normalized spacial score (nSPS) is 12.0. The van der Waals surface area contributed by atoms with Gasteiger partial charge in [-0.15, -0.1) is 0 Å². The van der Waals surface area contributed by atoms with E-state index < -0.39 is 0 Å². The zero-order chi connectivity index (χ0) is 26.0. The van der Waals surface area contributed by atoms with Crippen LogP contribution >= 0.6 is 0 Å². The monoisotopic (exact) mass is 497 g/mol. The van der Waals surface area contributed by atoms with Gasteiger partial charge in [-0.2, -0.15) is 0 Å². The first-order chi connectivity index (χ1) is 18.0. The zero-order valence-electron chi connectivity index (χ0n) is 22.4. The molecule has 1 atom stereocenters. The molecular formula is C32H39N3O2. The van der Waals surface area contributed by atoms with E-state index in [1.807, 2.05) is 37.3 Å². The first-order valence-electron chi connectivity index (χ1n) is 13.5. The molecule has 194 valence electrons. The van der Waals surface area contributed by atoms with Crippen molar-refractivity contribution in [2.75, 3.05) is 13.2 Å². The largest absolute Gasteiger partial charge is 0.494 e. The van der Waals surface area contributed by atoms with Gasteiger partial charge in [0.05, 0.1) is 24.1 Å². The molecule has 5 nitrogen and oxygen atoms in total. The molecule has 0 aliphatic rings. The van der Waals surface area contributed by atoms with Crippen molar-refractivity contribution >= 4 is 16.9 Å². The van der Waals surface area contributed by atoms with Crippen molar-refractivity contribution in [2.24, 2.45) is 0 Å². The quantitative estimate of drug-likeness (QED) is 0.211. The molecule has 0 bridgehead atoms. The lowest BCUT2D eigenvalue weighted by Gasteiger charge is -2.12. The number of unbranched alkanes of at least 4 members (excludes halogenated alkanes) is 1. The minimum absolute atomic E-state index is 0.0475. The van der Waals surface area contributed by atoms with Crippen LogP contribution < -0.4 is 10.1 Å². The second-order valence-corrected chi connectivity index (χ2v) is 9.81. The summed E-state index contributed by atoms with van der Waals surface area (Å²) in [6.07, 6.45) is 4.21. The number of rotatable bonds is 13. The lowest BCUT2D eigenvalue weighted by atomic mass is 9.99. The van der Waals surface area contributed by atoms with Crippen LogP contribution in [0.1, 0.15) is 61.5 Å². The van der Waals surface area contributed by atoms with Gasteiger partial charge in [0.25, 0.3) is 0 Å². The van der Waals surface area contributed by atoms with E-state index in [1.54, 1.807) is 0 Å². The fourth-order valence-corrected chi connectivity index (χ4v) is 4.61. The molecule has 0 radical (unpaired) electrons. The summed E-state index contributed by atoms with van der Waals surface area (Å²) in [5.41, 5.74) is 5.72. The van der Waals surface area contributed by atoms with Gasteiger partial charge in [-0.3, -0.25) is 4.79 Å². The molecule has 1 N–H and O–H groups in total. The third kappa shape index (κ3) is 7.22. The third-order valence-corrected chi connectivity index (χ3v) is 7.12. The second kappa shape index (κ2) is 13.1. The number of fused-ring (bicyclic) bond motifs is 1. The van der Waals surface area contributed by atoms with Crippen LogP contribution in [0.25, 0.3) is 11.0 Å². The van der Waals surface area contributed by atoms with E-state index in [1.165, 1.54) is 5.56 Å². The highest BCUT2D eigenvalue weighted by Gasteiger charge is 2.12. The van der Waals surface area contributed by atoms with E-state index in [0.717, 1.165) is 59.5 Å². The second-order valence-electron chi connectivity index (χ2n) is 9.81. The van der Waals surface area contributed by atoms with E-state index in [4.69, 9.17) is 9.72 Å². The van der Waals surface area contributed by atoms with Crippen molar-refractivity contribution in [1.29, 1.82) is 0 Å². The number of ether oxygens (including phenoxy) is 1. The maximum atomic E-state index is 12.5. The van der Waals surface area contributed by atoms with Crippen LogP contribution in [0.5, 0.6) is 5.75 Å². The highest BCUT2D eigenvalue weighted by molar-refractivity contribution is 5.79. The van der Waals surface area contributed by atoms with Gasteiger partial charge in [0.2, 0.25) is 5.91 Å². The van der Waals surface area contributed by atoms with Crippen molar-refractivity contribution in [3.8, 4) is 5.75 Å². The Balaban J connectivity index is 1.28. The van der Waals surface area contributed by atoms with Gasteiger partial charge in [-0.05, 0) is 73.1 Å². The van der Waals surface area contributed by atoms with Crippen LogP contribution in [0.3, 0.4) is 0 Å². The Morgan fingerprint density at radius 1 is 1.00 bits per heavy atom. The van der Waals surface area contributed by atoms with E-state index in [2.05, 4.69) is 66.2 Å². The fraction of sp³-hybridized carbons (Fsp3) is 0.375. The van der Waals surface area contributed by atoms with E-state index in [0.29, 0.717) is 31.9 Å². The lowest BCUT2D eigenvalue weighted by Crippen LogP contribution is -2.28. The smallest absolute Gasteiger partial charge is 0.224 e. The van der Waals surface area contributed by atoms with Gasteiger partial charge in [0.1, 0.15) is 11.6 Å². The molecule has 1 amide bonds. The van der Waals surface area contributed by atoms with Gasteiger partial charge < -0.3 is 14.6 Å². The molecule has 3 aromatic carbocycles. The summed E-state index contributed by atoms with van der Waals surface area (Å²) in [4.78, 5) is 17.4. The SMILES string of the molecule is CCC(C)c1ccc(OCCCCn2c(CCNC(=O)Cc3ccccc3C)nc3ccccc32)cc1. The molecule has 0 fully saturated rings. The van der Waals surface area contributed by atoms with Gasteiger partial charge >= 0.3 is 0 Å². The number of carbonyl (C=O) groups is 1. The molecule has 4 rings (SSSR count). The predicted octanol–water partition coefficient (Wildman–Crippen LogP) is 6.62. The Hall–Kier alpha value is -3.60. The summed E-state index contributed by atoms with van der Waals surface area (Å²) in [5.74, 6) is 2.57. The Bertz CT molecular complexity index is 1290. The molecule has 0 saturated carbocycles. The standard InChI is InChI=1S/C32H39N3O2/c1-4-24(2)26-15-17-28(18-16-26)37-22-10-9-21-35-30-14-8-7-13-29(30)34-31(35)19-20-33-32(36)23-27-12-6-5-11-25(27)3/h5-8,11-18,24H,4,9-10,19-23H2,1-3H3,(H,33,36). The minimum atomic E-state index is 0.0475. The maximum Gasteiger partial charge on any atom is 0.224 e. The number of hydrogen-bond donors (Lipinski definition) is 1.